The largest absolute Gasteiger partial charge is 0.354 e. The van der Waals surface area contributed by atoms with E-state index in [4.69, 9.17) is 5.73 Å². The number of carbonyl (C=O) groups excluding carboxylic acids is 1. The van der Waals surface area contributed by atoms with Gasteiger partial charge < -0.3 is 15.6 Å². The number of carbonyl (C=O) groups is 1. The lowest BCUT2D eigenvalue weighted by Crippen LogP contribution is -2.32. The van der Waals surface area contributed by atoms with Gasteiger partial charge in [0.05, 0.1) is 6.33 Å². The summed E-state index contributed by atoms with van der Waals surface area (Å²) in [4.78, 5) is 15.2. The number of aromatic nitrogens is 2. The highest BCUT2D eigenvalue weighted by molar-refractivity contribution is 5.76. The molecular weight excluding hydrogens is 192 g/mol. The molecule has 0 saturated heterocycles. The smallest absolute Gasteiger partial charge is 0.221 e. The van der Waals surface area contributed by atoms with E-state index >= 15 is 0 Å². The quantitative estimate of drug-likeness (QED) is 0.700. The Morgan fingerprint density at radius 1 is 1.67 bits per heavy atom. The molecule has 0 aliphatic carbocycles. The zero-order chi connectivity index (χ0) is 11.1. The van der Waals surface area contributed by atoms with Crippen molar-refractivity contribution in [2.75, 3.05) is 6.54 Å². The summed E-state index contributed by atoms with van der Waals surface area (Å²) in [7, 11) is 0. The molecule has 0 fully saturated rings. The number of rotatable bonds is 6. The van der Waals surface area contributed by atoms with Crippen molar-refractivity contribution < 1.29 is 4.79 Å². The van der Waals surface area contributed by atoms with Crippen LogP contribution < -0.4 is 11.1 Å². The fraction of sp³-hybridized carbons (Fsp3) is 0.600. The summed E-state index contributed by atoms with van der Waals surface area (Å²) in [5.74, 6) is 0.0180. The van der Waals surface area contributed by atoms with Crippen molar-refractivity contribution >= 4 is 5.91 Å². The van der Waals surface area contributed by atoms with Crippen molar-refractivity contribution in [3.8, 4) is 0 Å². The van der Waals surface area contributed by atoms with Crippen LogP contribution in [0.4, 0.5) is 0 Å². The first-order chi connectivity index (χ1) is 7.22. The van der Waals surface area contributed by atoms with Gasteiger partial charge in [0.1, 0.15) is 0 Å². The summed E-state index contributed by atoms with van der Waals surface area (Å²) in [6, 6.07) is -0.0294. The Kier molecular flexibility index (Phi) is 4.83. The first-order valence-electron chi connectivity index (χ1n) is 5.20. The van der Waals surface area contributed by atoms with Crippen LogP contribution in [-0.4, -0.2) is 28.0 Å². The van der Waals surface area contributed by atoms with Gasteiger partial charge in [-0.1, -0.05) is 6.92 Å². The molecule has 3 N–H and O–H groups in total. The van der Waals surface area contributed by atoms with E-state index in [2.05, 4.69) is 10.3 Å². The standard InChI is InChI=1S/C10H18N4O/c1-2-9(11)7-10(15)13-4-6-14-5-3-12-8-14/h3,5,8-9H,2,4,6-7,11H2,1H3,(H,13,15). The Morgan fingerprint density at radius 2 is 2.47 bits per heavy atom. The van der Waals surface area contributed by atoms with Gasteiger partial charge in [-0.25, -0.2) is 4.98 Å². The van der Waals surface area contributed by atoms with Crippen LogP contribution in [0.15, 0.2) is 18.7 Å². The number of nitrogens with zero attached hydrogens (tertiary/aromatic N) is 2. The molecule has 0 aliphatic rings. The van der Waals surface area contributed by atoms with E-state index < -0.39 is 0 Å². The number of nitrogens with two attached hydrogens (primary N) is 1. The molecule has 1 rings (SSSR count). The average Bonchev–Trinajstić information content (AvgIpc) is 2.70. The topological polar surface area (TPSA) is 72.9 Å². The molecule has 1 heterocycles. The van der Waals surface area contributed by atoms with Gasteiger partial charge in [0, 0.05) is 37.9 Å². The van der Waals surface area contributed by atoms with E-state index in [0.29, 0.717) is 13.0 Å². The zero-order valence-electron chi connectivity index (χ0n) is 9.02. The fourth-order valence-electron chi connectivity index (χ4n) is 1.20. The molecular formula is C10H18N4O. The minimum absolute atomic E-state index is 0.0180. The first kappa shape index (κ1) is 11.7. The predicted molar refractivity (Wildman–Crippen MR) is 58.1 cm³/mol. The van der Waals surface area contributed by atoms with Crippen molar-refractivity contribution in [2.24, 2.45) is 5.73 Å². The van der Waals surface area contributed by atoms with Crippen molar-refractivity contribution in [1.29, 1.82) is 0 Å². The maximum Gasteiger partial charge on any atom is 0.221 e. The summed E-state index contributed by atoms with van der Waals surface area (Å²) in [6.07, 6.45) is 6.54. The average molecular weight is 210 g/mol. The van der Waals surface area contributed by atoms with Crippen LogP contribution in [0.1, 0.15) is 19.8 Å². The Balaban J connectivity index is 2.12. The fourth-order valence-corrected chi connectivity index (χ4v) is 1.20. The third-order valence-corrected chi connectivity index (χ3v) is 2.22. The lowest BCUT2D eigenvalue weighted by atomic mass is 10.1. The molecule has 0 spiro atoms. The van der Waals surface area contributed by atoms with Crippen LogP contribution in [-0.2, 0) is 11.3 Å². The maximum absolute atomic E-state index is 11.3. The molecule has 1 amide bonds. The molecule has 5 nitrogen and oxygen atoms in total. The number of imidazole rings is 1. The molecule has 0 bridgehead atoms. The van der Waals surface area contributed by atoms with Gasteiger partial charge in [0.15, 0.2) is 0 Å². The van der Waals surface area contributed by atoms with Gasteiger partial charge in [-0.2, -0.15) is 0 Å². The van der Waals surface area contributed by atoms with Crippen molar-refractivity contribution in [3.05, 3.63) is 18.7 Å². The Labute approximate surface area is 89.7 Å². The van der Waals surface area contributed by atoms with E-state index in [9.17, 15) is 4.79 Å². The summed E-state index contributed by atoms with van der Waals surface area (Å²) in [6.45, 7) is 3.34. The summed E-state index contributed by atoms with van der Waals surface area (Å²) in [5, 5.41) is 2.82. The van der Waals surface area contributed by atoms with E-state index in [1.54, 1.807) is 12.5 Å². The van der Waals surface area contributed by atoms with E-state index in [-0.39, 0.29) is 11.9 Å². The van der Waals surface area contributed by atoms with Crippen molar-refractivity contribution in [1.82, 2.24) is 14.9 Å². The second-order valence-electron chi connectivity index (χ2n) is 3.52. The van der Waals surface area contributed by atoms with Crippen LogP contribution in [0.5, 0.6) is 0 Å². The Morgan fingerprint density at radius 3 is 3.07 bits per heavy atom. The molecule has 0 aliphatic heterocycles. The van der Waals surface area contributed by atoms with Gasteiger partial charge in [0.2, 0.25) is 5.91 Å². The SMILES string of the molecule is CCC(N)CC(=O)NCCn1ccnc1. The first-order valence-corrected chi connectivity index (χ1v) is 5.20. The summed E-state index contributed by atoms with van der Waals surface area (Å²) in [5.41, 5.74) is 5.66. The molecule has 1 aromatic rings. The minimum atomic E-state index is -0.0294. The lowest BCUT2D eigenvalue weighted by molar-refractivity contribution is -0.121. The second kappa shape index (κ2) is 6.19. The van der Waals surface area contributed by atoms with E-state index in [1.807, 2.05) is 17.7 Å². The second-order valence-corrected chi connectivity index (χ2v) is 3.52. The van der Waals surface area contributed by atoms with Crippen LogP contribution >= 0.6 is 0 Å². The highest BCUT2D eigenvalue weighted by atomic mass is 16.1. The number of amides is 1. The molecule has 0 saturated carbocycles. The normalized spacial score (nSPS) is 12.4. The highest BCUT2D eigenvalue weighted by Gasteiger charge is 2.06. The maximum atomic E-state index is 11.3. The molecule has 15 heavy (non-hydrogen) atoms. The highest BCUT2D eigenvalue weighted by Crippen LogP contribution is 1.92. The van der Waals surface area contributed by atoms with Gasteiger partial charge >= 0.3 is 0 Å². The number of hydrogen-bond acceptors (Lipinski definition) is 3. The van der Waals surface area contributed by atoms with E-state index in [0.717, 1.165) is 13.0 Å². The molecule has 0 aromatic carbocycles. The molecule has 1 unspecified atom stereocenters. The van der Waals surface area contributed by atoms with Gasteiger partial charge in [0.25, 0.3) is 0 Å². The summed E-state index contributed by atoms with van der Waals surface area (Å²) < 4.78 is 1.92. The van der Waals surface area contributed by atoms with Crippen LogP contribution in [0, 0.1) is 0 Å². The Hall–Kier alpha value is -1.36. The number of hydrogen-bond donors (Lipinski definition) is 2. The molecule has 1 aromatic heterocycles. The van der Waals surface area contributed by atoms with Gasteiger partial charge in [-0.15, -0.1) is 0 Å². The number of nitrogens with one attached hydrogen (secondary N) is 1. The monoisotopic (exact) mass is 210 g/mol. The molecule has 84 valence electrons. The molecule has 5 heteroatoms. The molecule has 1 atom stereocenters. The molecule has 0 radical (unpaired) electrons. The van der Waals surface area contributed by atoms with Crippen LogP contribution in [0.25, 0.3) is 0 Å². The lowest BCUT2D eigenvalue weighted by Gasteiger charge is -2.09. The third kappa shape index (κ3) is 4.60. The zero-order valence-corrected chi connectivity index (χ0v) is 9.02. The van der Waals surface area contributed by atoms with Crippen LogP contribution in [0.3, 0.4) is 0 Å². The Bertz CT molecular complexity index is 284. The summed E-state index contributed by atoms with van der Waals surface area (Å²) >= 11 is 0. The minimum Gasteiger partial charge on any atom is -0.354 e. The predicted octanol–water partition coefficient (Wildman–Crippen LogP) is 0.127. The van der Waals surface area contributed by atoms with Crippen molar-refractivity contribution in [3.63, 3.8) is 0 Å². The van der Waals surface area contributed by atoms with E-state index in [1.165, 1.54) is 0 Å². The van der Waals surface area contributed by atoms with Crippen LogP contribution in [0.2, 0.25) is 0 Å². The van der Waals surface area contributed by atoms with Gasteiger partial charge in [-0.05, 0) is 6.42 Å². The van der Waals surface area contributed by atoms with Gasteiger partial charge in [-0.3, -0.25) is 4.79 Å². The third-order valence-electron chi connectivity index (χ3n) is 2.22. The van der Waals surface area contributed by atoms with Crippen molar-refractivity contribution in [2.45, 2.75) is 32.4 Å².